The van der Waals surface area contributed by atoms with Crippen molar-refractivity contribution in [3.8, 4) is 5.75 Å². The standard InChI is InChI=1S/C18H23NO3/c1-12-16(18(20)22-3)14-10-7-11-15(21-2)17(14)19(12)13-8-5-4-6-9-13/h7,10-11,13H,4-6,8-9H2,1-3H3. The van der Waals surface area contributed by atoms with Gasteiger partial charge in [-0.1, -0.05) is 31.4 Å². The van der Waals surface area contributed by atoms with E-state index in [9.17, 15) is 4.79 Å². The molecule has 0 radical (unpaired) electrons. The summed E-state index contributed by atoms with van der Waals surface area (Å²) in [6.07, 6.45) is 6.10. The molecule has 1 aliphatic rings. The molecule has 3 rings (SSSR count). The monoisotopic (exact) mass is 301 g/mol. The van der Waals surface area contributed by atoms with E-state index in [4.69, 9.17) is 9.47 Å². The first-order chi connectivity index (χ1) is 10.7. The Morgan fingerprint density at radius 1 is 1.18 bits per heavy atom. The van der Waals surface area contributed by atoms with Crippen molar-refractivity contribution in [1.82, 2.24) is 4.57 Å². The highest BCUT2D eigenvalue weighted by Gasteiger charge is 2.27. The summed E-state index contributed by atoms with van der Waals surface area (Å²) in [5.74, 6) is 0.548. The number of carbonyl (C=O) groups excluding carboxylic acids is 1. The lowest BCUT2D eigenvalue weighted by Gasteiger charge is -2.26. The van der Waals surface area contributed by atoms with Crippen molar-refractivity contribution in [3.05, 3.63) is 29.5 Å². The minimum atomic E-state index is -0.273. The molecule has 1 aliphatic carbocycles. The molecule has 0 bridgehead atoms. The lowest BCUT2D eigenvalue weighted by atomic mass is 9.95. The summed E-state index contributed by atoms with van der Waals surface area (Å²) in [5, 5.41) is 0.925. The van der Waals surface area contributed by atoms with E-state index in [1.165, 1.54) is 26.4 Å². The fourth-order valence-electron chi connectivity index (χ4n) is 3.78. The van der Waals surface area contributed by atoms with Gasteiger partial charge in [0.25, 0.3) is 0 Å². The number of rotatable bonds is 3. The predicted molar refractivity (Wildman–Crippen MR) is 86.7 cm³/mol. The first kappa shape index (κ1) is 14.9. The number of fused-ring (bicyclic) bond motifs is 1. The van der Waals surface area contributed by atoms with Crippen LogP contribution in [0.1, 0.15) is 54.2 Å². The zero-order valence-electron chi connectivity index (χ0n) is 13.5. The Morgan fingerprint density at radius 2 is 1.91 bits per heavy atom. The maximum atomic E-state index is 12.3. The van der Waals surface area contributed by atoms with Gasteiger partial charge < -0.3 is 14.0 Å². The van der Waals surface area contributed by atoms with Crippen molar-refractivity contribution < 1.29 is 14.3 Å². The quantitative estimate of drug-likeness (QED) is 0.796. The Hall–Kier alpha value is -1.97. The number of para-hydroxylation sites is 1. The second-order valence-electron chi connectivity index (χ2n) is 5.97. The molecule has 4 heteroatoms. The van der Waals surface area contributed by atoms with Gasteiger partial charge in [-0.25, -0.2) is 4.79 Å². The maximum Gasteiger partial charge on any atom is 0.340 e. The molecular weight excluding hydrogens is 278 g/mol. The van der Waals surface area contributed by atoms with Gasteiger partial charge in [0.15, 0.2) is 0 Å². The van der Waals surface area contributed by atoms with E-state index in [2.05, 4.69) is 4.57 Å². The van der Waals surface area contributed by atoms with Gasteiger partial charge in [0, 0.05) is 17.1 Å². The van der Waals surface area contributed by atoms with Crippen molar-refractivity contribution in [2.45, 2.75) is 45.1 Å². The summed E-state index contributed by atoms with van der Waals surface area (Å²) < 4.78 is 12.9. The van der Waals surface area contributed by atoms with E-state index in [0.717, 1.165) is 35.2 Å². The SMILES string of the molecule is COC(=O)c1c(C)n(C2CCCCC2)c2c(OC)cccc12. The molecule has 2 aromatic rings. The van der Waals surface area contributed by atoms with E-state index in [1.54, 1.807) is 7.11 Å². The van der Waals surface area contributed by atoms with Gasteiger partial charge in [-0.2, -0.15) is 0 Å². The van der Waals surface area contributed by atoms with Crippen LogP contribution in [0.2, 0.25) is 0 Å². The Balaban J connectivity index is 2.29. The van der Waals surface area contributed by atoms with Gasteiger partial charge in [-0.3, -0.25) is 0 Å². The van der Waals surface area contributed by atoms with Crippen LogP contribution in [0.3, 0.4) is 0 Å². The van der Waals surface area contributed by atoms with Gasteiger partial charge in [-0.15, -0.1) is 0 Å². The molecule has 0 atom stereocenters. The topological polar surface area (TPSA) is 40.5 Å². The van der Waals surface area contributed by atoms with Crippen LogP contribution in [0.15, 0.2) is 18.2 Å². The number of nitrogens with zero attached hydrogens (tertiary/aromatic N) is 1. The molecule has 22 heavy (non-hydrogen) atoms. The first-order valence-electron chi connectivity index (χ1n) is 7.94. The lowest BCUT2D eigenvalue weighted by molar-refractivity contribution is 0.0601. The highest BCUT2D eigenvalue weighted by molar-refractivity contribution is 6.07. The minimum absolute atomic E-state index is 0.273. The molecule has 0 N–H and O–H groups in total. The third kappa shape index (κ3) is 2.27. The third-order valence-electron chi connectivity index (χ3n) is 4.78. The van der Waals surface area contributed by atoms with Crippen LogP contribution in [-0.2, 0) is 4.74 Å². The van der Waals surface area contributed by atoms with Crippen molar-refractivity contribution in [2.75, 3.05) is 14.2 Å². The molecule has 1 fully saturated rings. The Bertz CT molecular complexity index is 696. The normalized spacial score (nSPS) is 16.0. The van der Waals surface area contributed by atoms with Gasteiger partial charge in [0.05, 0.1) is 25.3 Å². The number of methoxy groups -OCH3 is 2. The number of hydrogen-bond donors (Lipinski definition) is 0. The fraction of sp³-hybridized carbons (Fsp3) is 0.500. The molecular formula is C18H23NO3. The molecule has 0 amide bonds. The summed E-state index contributed by atoms with van der Waals surface area (Å²) >= 11 is 0. The van der Waals surface area contributed by atoms with Crippen molar-refractivity contribution in [2.24, 2.45) is 0 Å². The zero-order valence-corrected chi connectivity index (χ0v) is 13.5. The number of aromatic nitrogens is 1. The van der Waals surface area contributed by atoms with Crippen LogP contribution in [0, 0.1) is 6.92 Å². The zero-order chi connectivity index (χ0) is 15.7. The first-order valence-corrected chi connectivity index (χ1v) is 7.94. The van der Waals surface area contributed by atoms with Crippen LogP contribution in [0.25, 0.3) is 10.9 Å². The third-order valence-corrected chi connectivity index (χ3v) is 4.78. The largest absolute Gasteiger partial charge is 0.495 e. The van der Waals surface area contributed by atoms with E-state index < -0.39 is 0 Å². The van der Waals surface area contributed by atoms with Gasteiger partial charge >= 0.3 is 5.97 Å². The van der Waals surface area contributed by atoms with E-state index in [1.807, 2.05) is 25.1 Å². The molecule has 0 aliphatic heterocycles. The van der Waals surface area contributed by atoms with Gasteiger partial charge in [0.2, 0.25) is 0 Å². The number of hydrogen-bond acceptors (Lipinski definition) is 3. The average Bonchev–Trinajstić information content (AvgIpc) is 2.87. The van der Waals surface area contributed by atoms with Crippen molar-refractivity contribution >= 4 is 16.9 Å². The Labute approximate surface area is 131 Å². The molecule has 0 spiro atoms. The molecule has 1 aromatic carbocycles. The molecule has 118 valence electrons. The predicted octanol–water partition coefficient (Wildman–Crippen LogP) is 4.25. The molecule has 0 unspecified atom stereocenters. The minimum Gasteiger partial charge on any atom is -0.495 e. The molecule has 1 aromatic heterocycles. The maximum absolute atomic E-state index is 12.3. The smallest absolute Gasteiger partial charge is 0.340 e. The number of carbonyl (C=O) groups is 1. The number of ether oxygens (including phenoxy) is 2. The van der Waals surface area contributed by atoms with Gasteiger partial charge in [0.1, 0.15) is 5.75 Å². The summed E-state index contributed by atoms with van der Waals surface area (Å²) in [4.78, 5) is 12.3. The summed E-state index contributed by atoms with van der Waals surface area (Å²) in [5.41, 5.74) is 2.68. The summed E-state index contributed by atoms with van der Waals surface area (Å²) in [6.45, 7) is 2.01. The average molecular weight is 301 g/mol. The van der Waals surface area contributed by atoms with Crippen molar-refractivity contribution in [3.63, 3.8) is 0 Å². The second kappa shape index (κ2) is 6.03. The highest BCUT2D eigenvalue weighted by Crippen LogP contribution is 2.39. The highest BCUT2D eigenvalue weighted by atomic mass is 16.5. The van der Waals surface area contributed by atoms with Crippen LogP contribution in [0.5, 0.6) is 5.75 Å². The lowest BCUT2D eigenvalue weighted by Crippen LogP contribution is -2.15. The number of benzene rings is 1. The summed E-state index contributed by atoms with van der Waals surface area (Å²) in [7, 11) is 3.12. The molecule has 4 nitrogen and oxygen atoms in total. The van der Waals surface area contributed by atoms with Crippen LogP contribution >= 0.6 is 0 Å². The van der Waals surface area contributed by atoms with Crippen molar-refractivity contribution in [1.29, 1.82) is 0 Å². The Morgan fingerprint density at radius 3 is 2.55 bits per heavy atom. The molecule has 1 saturated carbocycles. The van der Waals surface area contributed by atoms with Crippen LogP contribution in [-0.4, -0.2) is 24.8 Å². The fourth-order valence-corrected chi connectivity index (χ4v) is 3.78. The molecule has 0 saturated heterocycles. The molecule has 1 heterocycles. The Kier molecular flexibility index (Phi) is 4.10. The second-order valence-corrected chi connectivity index (χ2v) is 5.97. The number of esters is 1. The summed E-state index contributed by atoms with van der Waals surface area (Å²) in [6, 6.07) is 6.31. The van der Waals surface area contributed by atoms with E-state index >= 15 is 0 Å². The van der Waals surface area contributed by atoms with Crippen LogP contribution in [0.4, 0.5) is 0 Å². The van der Waals surface area contributed by atoms with E-state index in [0.29, 0.717) is 11.6 Å². The van der Waals surface area contributed by atoms with Gasteiger partial charge in [-0.05, 0) is 25.8 Å². The van der Waals surface area contributed by atoms with E-state index in [-0.39, 0.29) is 5.97 Å². The van der Waals surface area contributed by atoms with Crippen LogP contribution < -0.4 is 4.74 Å².